The van der Waals surface area contributed by atoms with Gasteiger partial charge in [0, 0.05) is 30.9 Å². The number of methoxy groups -OCH3 is 1. The summed E-state index contributed by atoms with van der Waals surface area (Å²) in [6.07, 6.45) is 0.764. The number of nitrogens with one attached hydrogen (secondary N) is 1. The Kier molecular flexibility index (Phi) is 4.97. The molecule has 1 atom stereocenters. The number of ether oxygens (including phenoxy) is 1. The van der Waals surface area contributed by atoms with E-state index in [1.807, 2.05) is 6.92 Å². The molecule has 0 heterocycles. The molecule has 0 saturated heterocycles. The Labute approximate surface area is 102 Å². The molecule has 0 fully saturated rings. The van der Waals surface area contributed by atoms with E-state index >= 15 is 0 Å². The first-order valence-electron chi connectivity index (χ1n) is 5.64. The van der Waals surface area contributed by atoms with Crippen LogP contribution < -0.4 is 5.32 Å². The Hall–Kier alpha value is -1.55. The molecule has 0 spiro atoms. The van der Waals surface area contributed by atoms with Crippen LogP contribution in [0.5, 0.6) is 5.75 Å². The van der Waals surface area contributed by atoms with E-state index in [2.05, 4.69) is 5.32 Å². The second-order valence-electron chi connectivity index (χ2n) is 4.11. The summed E-state index contributed by atoms with van der Waals surface area (Å²) in [5, 5.41) is 12.4. The zero-order valence-corrected chi connectivity index (χ0v) is 10.5. The number of rotatable bonds is 5. The fourth-order valence-electron chi connectivity index (χ4n) is 1.54. The lowest BCUT2D eigenvalue weighted by Crippen LogP contribution is -2.33. The first kappa shape index (κ1) is 13.5. The van der Waals surface area contributed by atoms with E-state index in [9.17, 15) is 9.90 Å². The number of benzene rings is 1. The van der Waals surface area contributed by atoms with Crippen LogP contribution in [0.25, 0.3) is 0 Å². The summed E-state index contributed by atoms with van der Waals surface area (Å²) in [4.78, 5) is 11.9. The van der Waals surface area contributed by atoms with Gasteiger partial charge in [0.1, 0.15) is 5.75 Å². The third-order valence-electron chi connectivity index (χ3n) is 2.68. The molecular formula is C13H19NO3. The van der Waals surface area contributed by atoms with Gasteiger partial charge >= 0.3 is 0 Å². The van der Waals surface area contributed by atoms with E-state index in [4.69, 9.17) is 4.74 Å². The van der Waals surface area contributed by atoms with Crippen molar-refractivity contribution in [2.24, 2.45) is 0 Å². The highest BCUT2D eigenvalue weighted by Crippen LogP contribution is 2.19. The van der Waals surface area contributed by atoms with Gasteiger partial charge in [-0.1, -0.05) is 6.07 Å². The number of carbonyl (C=O) groups excluding carboxylic acids is 1. The fraction of sp³-hybridized carbons (Fsp3) is 0.462. The number of phenolic OH excluding ortho intramolecular Hbond substituents is 1. The predicted molar refractivity (Wildman–Crippen MR) is 66.3 cm³/mol. The van der Waals surface area contributed by atoms with E-state index in [1.54, 1.807) is 32.2 Å². The number of hydrogen-bond acceptors (Lipinski definition) is 3. The van der Waals surface area contributed by atoms with Crippen molar-refractivity contribution in [3.63, 3.8) is 0 Å². The minimum atomic E-state index is -0.165. The number of hydrogen-bond donors (Lipinski definition) is 2. The van der Waals surface area contributed by atoms with E-state index in [0.717, 1.165) is 6.42 Å². The van der Waals surface area contributed by atoms with Crippen LogP contribution in [0.3, 0.4) is 0 Å². The summed E-state index contributed by atoms with van der Waals surface area (Å²) in [6.45, 7) is 4.26. The Balaban J connectivity index is 2.67. The number of phenols is 1. The lowest BCUT2D eigenvalue weighted by Gasteiger charge is -2.14. The fourth-order valence-corrected chi connectivity index (χ4v) is 1.54. The molecule has 94 valence electrons. The monoisotopic (exact) mass is 237 g/mol. The van der Waals surface area contributed by atoms with Crippen LogP contribution in [-0.2, 0) is 4.74 Å². The van der Waals surface area contributed by atoms with Crippen molar-refractivity contribution in [2.75, 3.05) is 13.7 Å². The molecule has 0 aliphatic carbocycles. The van der Waals surface area contributed by atoms with Gasteiger partial charge in [0.25, 0.3) is 5.91 Å². The Morgan fingerprint density at radius 3 is 2.88 bits per heavy atom. The van der Waals surface area contributed by atoms with Gasteiger partial charge in [0.2, 0.25) is 0 Å². The molecule has 1 aromatic carbocycles. The molecular weight excluding hydrogens is 218 g/mol. The van der Waals surface area contributed by atoms with Crippen molar-refractivity contribution < 1.29 is 14.6 Å². The SMILES string of the molecule is COCCC(C)NC(=O)c1cccc(O)c1C. The molecule has 0 saturated carbocycles. The van der Waals surface area contributed by atoms with Crippen LogP contribution in [0.4, 0.5) is 0 Å². The predicted octanol–water partition coefficient (Wildman–Crippen LogP) is 1.86. The van der Waals surface area contributed by atoms with E-state index < -0.39 is 0 Å². The number of amides is 1. The number of carbonyl (C=O) groups is 1. The van der Waals surface area contributed by atoms with Crippen LogP contribution in [0, 0.1) is 6.92 Å². The number of aromatic hydroxyl groups is 1. The van der Waals surface area contributed by atoms with Crippen LogP contribution in [0.15, 0.2) is 18.2 Å². The summed E-state index contributed by atoms with van der Waals surface area (Å²) in [7, 11) is 1.63. The van der Waals surface area contributed by atoms with Crippen molar-refractivity contribution in [1.29, 1.82) is 0 Å². The van der Waals surface area contributed by atoms with E-state index in [0.29, 0.717) is 17.7 Å². The highest BCUT2D eigenvalue weighted by atomic mass is 16.5. The maximum atomic E-state index is 11.9. The molecule has 4 heteroatoms. The summed E-state index contributed by atoms with van der Waals surface area (Å²) >= 11 is 0. The van der Waals surface area contributed by atoms with Gasteiger partial charge in [-0.15, -0.1) is 0 Å². The summed E-state index contributed by atoms with van der Waals surface area (Å²) in [6, 6.07) is 4.98. The maximum absolute atomic E-state index is 11.9. The van der Waals surface area contributed by atoms with Crippen LogP contribution in [-0.4, -0.2) is 30.8 Å². The molecule has 0 bridgehead atoms. The molecule has 0 aliphatic heterocycles. The largest absolute Gasteiger partial charge is 0.508 e. The Morgan fingerprint density at radius 1 is 1.53 bits per heavy atom. The topological polar surface area (TPSA) is 58.6 Å². The maximum Gasteiger partial charge on any atom is 0.251 e. The standard InChI is InChI=1S/C13H19NO3/c1-9(7-8-17-3)14-13(16)11-5-4-6-12(15)10(11)2/h4-6,9,15H,7-8H2,1-3H3,(H,14,16). The quantitative estimate of drug-likeness (QED) is 0.821. The van der Waals surface area contributed by atoms with Gasteiger partial charge in [-0.25, -0.2) is 0 Å². The Morgan fingerprint density at radius 2 is 2.24 bits per heavy atom. The van der Waals surface area contributed by atoms with E-state index in [-0.39, 0.29) is 17.7 Å². The van der Waals surface area contributed by atoms with Crippen LogP contribution >= 0.6 is 0 Å². The third-order valence-corrected chi connectivity index (χ3v) is 2.68. The van der Waals surface area contributed by atoms with Crippen molar-refractivity contribution in [1.82, 2.24) is 5.32 Å². The van der Waals surface area contributed by atoms with E-state index in [1.165, 1.54) is 0 Å². The molecule has 2 N–H and O–H groups in total. The van der Waals surface area contributed by atoms with Gasteiger partial charge in [0.05, 0.1) is 0 Å². The molecule has 17 heavy (non-hydrogen) atoms. The van der Waals surface area contributed by atoms with Crippen LogP contribution in [0.2, 0.25) is 0 Å². The summed E-state index contributed by atoms with van der Waals surface area (Å²) < 4.78 is 4.95. The van der Waals surface area contributed by atoms with Crippen molar-refractivity contribution in [3.8, 4) is 5.75 Å². The molecule has 4 nitrogen and oxygen atoms in total. The van der Waals surface area contributed by atoms with Crippen LogP contribution in [0.1, 0.15) is 29.3 Å². The van der Waals surface area contributed by atoms with Crippen molar-refractivity contribution in [2.45, 2.75) is 26.3 Å². The second-order valence-corrected chi connectivity index (χ2v) is 4.11. The smallest absolute Gasteiger partial charge is 0.251 e. The van der Waals surface area contributed by atoms with Gasteiger partial charge in [-0.05, 0) is 32.4 Å². The molecule has 1 aromatic rings. The average Bonchev–Trinajstić information content (AvgIpc) is 2.29. The Bertz CT molecular complexity index is 390. The average molecular weight is 237 g/mol. The lowest BCUT2D eigenvalue weighted by molar-refractivity contribution is 0.0928. The van der Waals surface area contributed by atoms with Crippen molar-refractivity contribution >= 4 is 5.91 Å². The lowest BCUT2D eigenvalue weighted by atomic mass is 10.1. The molecule has 1 rings (SSSR count). The molecule has 0 aliphatic rings. The first-order valence-corrected chi connectivity index (χ1v) is 5.64. The molecule has 1 unspecified atom stereocenters. The van der Waals surface area contributed by atoms with Gasteiger partial charge in [0.15, 0.2) is 0 Å². The summed E-state index contributed by atoms with van der Waals surface area (Å²) in [5.41, 5.74) is 1.11. The van der Waals surface area contributed by atoms with Gasteiger partial charge in [-0.2, -0.15) is 0 Å². The highest BCUT2D eigenvalue weighted by molar-refractivity contribution is 5.96. The summed E-state index contributed by atoms with van der Waals surface area (Å²) in [5.74, 6) is -0.0239. The van der Waals surface area contributed by atoms with Gasteiger partial charge in [-0.3, -0.25) is 4.79 Å². The molecule has 0 radical (unpaired) electrons. The molecule has 0 aromatic heterocycles. The highest BCUT2D eigenvalue weighted by Gasteiger charge is 2.13. The first-order chi connectivity index (χ1) is 8.06. The zero-order valence-electron chi connectivity index (χ0n) is 10.5. The third kappa shape index (κ3) is 3.75. The van der Waals surface area contributed by atoms with Crippen molar-refractivity contribution in [3.05, 3.63) is 29.3 Å². The molecule has 1 amide bonds. The minimum Gasteiger partial charge on any atom is -0.508 e. The van der Waals surface area contributed by atoms with Gasteiger partial charge < -0.3 is 15.2 Å². The normalized spacial score (nSPS) is 12.2. The second kappa shape index (κ2) is 6.25. The minimum absolute atomic E-state index is 0.0456. The zero-order chi connectivity index (χ0) is 12.8.